The lowest BCUT2D eigenvalue weighted by molar-refractivity contribution is 0.0561. The van der Waals surface area contributed by atoms with E-state index >= 15 is 0 Å². The third kappa shape index (κ3) is 5.27. The number of methoxy groups -OCH3 is 1. The summed E-state index contributed by atoms with van der Waals surface area (Å²) in [6.07, 6.45) is 0.485. The molecule has 7 nitrogen and oxygen atoms in total. The van der Waals surface area contributed by atoms with E-state index in [9.17, 15) is 9.59 Å². The van der Waals surface area contributed by atoms with Gasteiger partial charge in [-0.15, -0.1) is 0 Å². The zero-order valence-electron chi connectivity index (χ0n) is 15.7. The van der Waals surface area contributed by atoms with Gasteiger partial charge >= 0.3 is 12.1 Å². The summed E-state index contributed by atoms with van der Waals surface area (Å²) in [5.41, 5.74) is 0.785. The molecule has 2 aromatic rings. The lowest BCUT2D eigenvalue weighted by Gasteiger charge is -2.21. The van der Waals surface area contributed by atoms with Gasteiger partial charge in [0, 0.05) is 36.8 Å². The average molecular weight is 407 g/mol. The number of nitrogens with zero attached hydrogens (tertiary/aromatic N) is 2. The summed E-state index contributed by atoms with van der Waals surface area (Å²) in [5, 5.41) is 0.585. The number of carbonyl (C=O) groups excluding carboxylic acids is 2. The van der Waals surface area contributed by atoms with Crippen molar-refractivity contribution in [3.05, 3.63) is 58.5 Å². The first kappa shape index (κ1) is 20.2. The van der Waals surface area contributed by atoms with E-state index in [1.165, 1.54) is 7.11 Å². The fraction of sp³-hybridized carbons (Fsp3) is 0.400. The lowest BCUT2D eigenvalue weighted by Crippen LogP contribution is -2.35. The van der Waals surface area contributed by atoms with Crippen LogP contribution >= 0.6 is 11.6 Å². The molecular weight excluding hydrogens is 384 g/mol. The summed E-state index contributed by atoms with van der Waals surface area (Å²) in [6.45, 7) is 3.42. The maximum absolute atomic E-state index is 12.4. The molecule has 1 aromatic carbocycles. The predicted octanol–water partition coefficient (Wildman–Crippen LogP) is 3.56. The van der Waals surface area contributed by atoms with E-state index in [1.807, 2.05) is 18.2 Å². The zero-order valence-corrected chi connectivity index (χ0v) is 16.5. The maximum Gasteiger partial charge on any atom is 0.410 e. The molecule has 2 heterocycles. The highest BCUT2D eigenvalue weighted by Gasteiger charge is 2.21. The highest BCUT2D eigenvalue weighted by Crippen LogP contribution is 2.17. The van der Waals surface area contributed by atoms with Gasteiger partial charge in [-0.3, -0.25) is 4.90 Å². The number of benzene rings is 1. The van der Waals surface area contributed by atoms with Crippen LogP contribution in [0.25, 0.3) is 0 Å². The van der Waals surface area contributed by atoms with Crippen molar-refractivity contribution in [3.8, 4) is 0 Å². The van der Waals surface area contributed by atoms with Gasteiger partial charge in [-0.05, 0) is 24.6 Å². The number of rotatable bonds is 5. The first-order chi connectivity index (χ1) is 13.6. The Morgan fingerprint density at radius 3 is 2.71 bits per heavy atom. The molecule has 1 fully saturated rings. The Morgan fingerprint density at radius 1 is 1.11 bits per heavy atom. The fourth-order valence-electron chi connectivity index (χ4n) is 3.05. The Morgan fingerprint density at radius 2 is 1.93 bits per heavy atom. The summed E-state index contributed by atoms with van der Waals surface area (Å²) in [7, 11) is 1.32. The molecule has 0 aliphatic carbocycles. The number of hydrogen-bond donors (Lipinski definition) is 0. The minimum Gasteiger partial charge on any atom is -0.463 e. The van der Waals surface area contributed by atoms with Crippen molar-refractivity contribution in [1.29, 1.82) is 0 Å². The SMILES string of the molecule is COC(=O)c1ccc(CN2CCCN(C(=O)OCc3ccccc3Cl)CC2)o1. The molecule has 8 heteroatoms. The van der Waals surface area contributed by atoms with Crippen LogP contribution < -0.4 is 0 Å². The maximum atomic E-state index is 12.4. The Bertz CT molecular complexity index is 822. The van der Waals surface area contributed by atoms with Crippen LogP contribution in [0, 0.1) is 0 Å². The molecule has 0 unspecified atom stereocenters. The van der Waals surface area contributed by atoms with Crippen LogP contribution in [-0.2, 0) is 22.6 Å². The van der Waals surface area contributed by atoms with E-state index in [1.54, 1.807) is 23.1 Å². The molecule has 0 spiro atoms. The van der Waals surface area contributed by atoms with Gasteiger partial charge in [0.05, 0.1) is 13.7 Å². The molecule has 0 saturated carbocycles. The van der Waals surface area contributed by atoms with Crippen molar-refractivity contribution in [3.63, 3.8) is 0 Å². The fourth-order valence-corrected chi connectivity index (χ4v) is 3.24. The smallest absolute Gasteiger partial charge is 0.410 e. The van der Waals surface area contributed by atoms with Gasteiger partial charge in [0.25, 0.3) is 0 Å². The van der Waals surface area contributed by atoms with E-state index < -0.39 is 5.97 Å². The van der Waals surface area contributed by atoms with Crippen molar-refractivity contribution in [2.24, 2.45) is 0 Å². The number of esters is 1. The number of carbonyl (C=O) groups is 2. The summed E-state index contributed by atoms with van der Waals surface area (Å²) >= 11 is 6.10. The summed E-state index contributed by atoms with van der Waals surface area (Å²) in [6, 6.07) is 10.7. The zero-order chi connectivity index (χ0) is 19.9. The van der Waals surface area contributed by atoms with Gasteiger partial charge in [-0.1, -0.05) is 29.8 Å². The monoisotopic (exact) mass is 406 g/mol. The van der Waals surface area contributed by atoms with Crippen molar-refractivity contribution in [1.82, 2.24) is 9.80 Å². The Hall–Kier alpha value is -2.51. The molecule has 1 aliphatic rings. The number of halogens is 1. The average Bonchev–Trinajstić information content (AvgIpc) is 3.04. The molecule has 1 saturated heterocycles. The van der Waals surface area contributed by atoms with E-state index in [0.29, 0.717) is 37.0 Å². The highest BCUT2D eigenvalue weighted by molar-refractivity contribution is 6.31. The molecular formula is C20H23ClN2O5. The topological polar surface area (TPSA) is 72.2 Å². The summed E-state index contributed by atoms with van der Waals surface area (Å²) in [4.78, 5) is 27.8. The quantitative estimate of drug-likeness (QED) is 0.707. The van der Waals surface area contributed by atoms with Gasteiger partial charge in [0.2, 0.25) is 5.76 Å². The van der Waals surface area contributed by atoms with Crippen LogP contribution in [0.1, 0.15) is 28.3 Å². The van der Waals surface area contributed by atoms with Crippen LogP contribution in [0.5, 0.6) is 0 Å². The highest BCUT2D eigenvalue weighted by atomic mass is 35.5. The van der Waals surface area contributed by atoms with Crippen LogP contribution in [-0.4, -0.2) is 55.2 Å². The van der Waals surface area contributed by atoms with E-state index in [-0.39, 0.29) is 18.5 Å². The first-order valence-electron chi connectivity index (χ1n) is 9.11. The molecule has 1 aliphatic heterocycles. The molecule has 3 rings (SSSR count). The van der Waals surface area contributed by atoms with Gasteiger partial charge in [-0.2, -0.15) is 0 Å². The standard InChI is InChI=1S/C20H23ClN2O5/c1-26-19(24)18-8-7-16(28-18)13-22-9-4-10-23(12-11-22)20(25)27-14-15-5-2-3-6-17(15)21/h2-3,5-8H,4,9-14H2,1H3. The van der Waals surface area contributed by atoms with E-state index in [0.717, 1.165) is 18.5 Å². The number of hydrogen-bond acceptors (Lipinski definition) is 6. The molecule has 0 radical (unpaired) electrons. The third-order valence-corrected chi connectivity index (χ3v) is 4.95. The van der Waals surface area contributed by atoms with E-state index in [4.69, 9.17) is 20.8 Å². The number of ether oxygens (including phenoxy) is 2. The van der Waals surface area contributed by atoms with Crippen molar-refractivity contribution in [2.45, 2.75) is 19.6 Å². The minimum absolute atomic E-state index is 0.154. The lowest BCUT2D eigenvalue weighted by atomic mass is 10.2. The molecule has 1 amide bonds. The normalized spacial score (nSPS) is 15.1. The number of furan rings is 1. The predicted molar refractivity (Wildman–Crippen MR) is 103 cm³/mol. The van der Waals surface area contributed by atoms with Crippen LogP contribution in [0.4, 0.5) is 4.79 Å². The second-order valence-electron chi connectivity index (χ2n) is 6.52. The Labute approximate surface area is 168 Å². The van der Waals surface area contributed by atoms with Crippen molar-refractivity contribution >= 4 is 23.7 Å². The molecule has 28 heavy (non-hydrogen) atoms. The molecule has 150 valence electrons. The molecule has 0 N–H and O–H groups in total. The van der Waals surface area contributed by atoms with Gasteiger partial charge in [-0.25, -0.2) is 9.59 Å². The third-order valence-electron chi connectivity index (χ3n) is 4.58. The number of amides is 1. The van der Waals surface area contributed by atoms with Crippen molar-refractivity contribution < 1.29 is 23.5 Å². The first-order valence-corrected chi connectivity index (χ1v) is 9.49. The van der Waals surface area contributed by atoms with Crippen LogP contribution in [0.2, 0.25) is 5.02 Å². The van der Waals surface area contributed by atoms with Crippen LogP contribution in [0.3, 0.4) is 0 Å². The summed E-state index contributed by atoms with van der Waals surface area (Å²) in [5.74, 6) is 0.391. The second-order valence-corrected chi connectivity index (χ2v) is 6.93. The van der Waals surface area contributed by atoms with Gasteiger partial charge < -0.3 is 18.8 Å². The van der Waals surface area contributed by atoms with Gasteiger partial charge in [0.15, 0.2) is 0 Å². The summed E-state index contributed by atoms with van der Waals surface area (Å²) < 4.78 is 15.6. The minimum atomic E-state index is -0.491. The van der Waals surface area contributed by atoms with E-state index in [2.05, 4.69) is 9.64 Å². The second kappa shape index (κ2) is 9.61. The van der Waals surface area contributed by atoms with Crippen LogP contribution in [0.15, 0.2) is 40.8 Å². The molecule has 0 bridgehead atoms. The Balaban J connectivity index is 1.49. The molecule has 1 aromatic heterocycles. The molecule has 0 atom stereocenters. The van der Waals surface area contributed by atoms with Crippen molar-refractivity contribution in [2.75, 3.05) is 33.3 Å². The Kier molecular flexibility index (Phi) is 6.95. The largest absolute Gasteiger partial charge is 0.463 e. The van der Waals surface area contributed by atoms with Gasteiger partial charge in [0.1, 0.15) is 12.4 Å².